The molecular weight excluding hydrogens is 450 g/mol. The second-order valence-corrected chi connectivity index (χ2v) is 10.3. The highest BCUT2D eigenvalue weighted by molar-refractivity contribution is 7.89. The van der Waals surface area contributed by atoms with Crippen molar-refractivity contribution in [2.75, 3.05) is 6.54 Å². The van der Waals surface area contributed by atoms with Gasteiger partial charge in [0, 0.05) is 24.7 Å². The van der Waals surface area contributed by atoms with Crippen LogP contribution < -0.4 is 5.32 Å². The largest absolute Gasteiger partial charge is 0.351 e. The van der Waals surface area contributed by atoms with Gasteiger partial charge >= 0.3 is 0 Å². The SMILES string of the molecule is CCCn1nnc2cc(S(=O)(=O)N3CCCCC3C(=O)NCc3ccc(Cl)cc3)ccc21. The number of rotatable bonds is 7. The van der Waals surface area contributed by atoms with Crippen LogP contribution >= 0.6 is 11.6 Å². The molecule has 1 atom stereocenters. The summed E-state index contributed by atoms with van der Waals surface area (Å²) >= 11 is 5.91. The number of hydrogen-bond donors (Lipinski definition) is 1. The Morgan fingerprint density at radius 2 is 1.97 bits per heavy atom. The van der Waals surface area contributed by atoms with Crippen molar-refractivity contribution in [3.63, 3.8) is 0 Å². The first-order valence-electron chi connectivity index (χ1n) is 10.8. The maximum absolute atomic E-state index is 13.5. The van der Waals surface area contributed by atoms with Gasteiger partial charge in [0.1, 0.15) is 11.6 Å². The molecule has 1 aliphatic heterocycles. The van der Waals surface area contributed by atoms with Crippen LogP contribution in [0.15, 0.2) is 47.4 Å². The number of aromatic nitrogens is 3. The smallest absolute Gasteiger partial charge is 0.243 e. The monoisotopic (exact) mass is 475 g/mol. The predicted molar refractivity (Wildman–Crippen MR) is 123 cm³/mol. The second kappa shape index (κ2) is 9.56. The fourth-order valence-electron chi connectivity index (χ4n) is 3.99. The van der Waals surface area contributed by atoms with Crippen LogP contribution in [0.3, 0.4) is 0 Å². The normalized spacial score (nSPS) is 17.5. The standard InChI is InChI=1S/C22H26ClN5O3S/c1-2-12-27-20-11-10-18(14-19(20)25-26-27)32(30,31)28-13-4-3-5-21(28)22(29)24-15-16-6-8-17(23)9-7-16/h6-11,14,21H,2-5,12-13,15H2,1H3,(H,24,29). The number of nitrogens with zero attached hydrogens (tertiary/aromatic N) is 4. The Bertz CT molecular complexity index is 1210. The zero-order valence-electron chi connectivity index (χ0n) is 17.9. The zero-order chi connectivity index (χ0) is 22.7. The van der Waals surface area contributed by atoms with E-state index < -0.39 is 16.1 Å². The number of amides is 1. The summed E-state index contributed by atoms with van der Waals surface area (Å²) < 4.78 is 30.0. The fraction of sp³-hybridized carbons (Fsp3) is 0.409. The van der Waals surface area contributed by atoms with Crippen molar-refractivity contribution in [2.45, 2.75) is 56.6 Å². The Morgan fingerprint density at radius 3 is 2.72 bits per heavy atom. The summed E-state index contributed by atoms with van der Waals surface area (Å²) in [7, 11) is -3.86. The van der Waals surface area contributed by atoms with Crippen molar-refractivity contribution < 1.29 is 13.2 Å². The van der Waals surface area contributed by atoms with Crippen LogP contribution in [0.5, 0.6) is 0 Å². The van der Waals surface area contributed by atoms with Crippen LogP contribution in [0.25, 0.3) is 11.0 Å². The molecule has 0 spiro atoms. The van der Waals surface area contributed by atoms with Gasteiger partial charge in [-0.15, -0.1) is 5.10 Å². The zero-order valence-corrected chi connectivity index (χ0v) is 19.4. The Balaban J connectivity index is 1.54. The molecule has 1 unspecified atom stereocenters. The van der Waals surface area contributed by atoms with Gasteiger partial charge in [-0.2, -0.15) is 4.31 Å². The minimum atomic E-state index is -3.86. The van der Waals surface area contributed by atoms with E-state index >= 15 is 0 Å². The molecule has 1 aliphatic rings. The molecule has 2 heterocycles. The minimum absolute atomic E-state index is 0.131. The summed E-state index contributed by atoms with van der Waals surface area (Å²) in [5, 5.41) is 11.7. The number of carbonyl (C=O) groups excluding carboxylic acids is 1. The van der Waals surface area contributed by atoms with Crippen LogP contribution in [-0.2, 0) is 27.9 Å². The number of piperidine rings is 1. The van der Waals surface area contributed by atoms with E-state index in [1.54, 1.807) is 35.0 Å². The molecule has 170 valence electrons. The maximum Gasteiger partial charge on any atom is 0.243 e. The predicted octanol–water partition coefficient (Wildman–Crippen LogP) is 3.35. The number of carbonyl (C=O) groups is 1. The summed E-state index contributed by atoms with van der Waals surface area (Å²) in [6, 6.07) is 11.3. The highest BCUT2D eigenvalue weighted by Gasteiger charge is 2.37. The highest BCUT2D eigenvalue weighted by Crippen LogP contribution is 2.27. The molecule has 3 aromatic rings. The van der Waals surface area contributed by atoms with E-state index in [1.807, 2.05) is 19.1 Å². The molecule has 1 N–H and O–H groups in total. The summed E-state index contributed by atoms with van der Waals surface area (Å²) in [4.78, 5) is 13.1. The van der Waals surface area contributed by atoms with Crippen molar-refractivity contribution in [1.82, 2.24) is 24.6 Å². The van der Waals surface area contributed by atoms with Gasteiger partial charge in [-0.3, -0.25) is 4.79 Å². The van der Waals surface area contributed by atoms with E-state index in [9.17, 15) is 13.2 Å². The summed E-state index contributed by atoms with van der Waals surface area (Å²) in [6.07, 6.45) is 2.91. The average Bonchev–Trinajstić information content (AvgIpc) is 3.21. The van der Waals surface area contributed by atoms with Crippen LogP contribution in [0.1, 0.15) is 38.2 Å². The molecule has 4 rings (SSSR count). The third-order valence-corrected chi connectivity index (χ3v) is 7.82. The van der Waals surface area contributed by atoms with Crippen LogP contribution in [0.4, 0.5) is 0 Å². The molecule has 1 saturated heterocycles. The lowest BCUT2D eigenvalue weighted by Gasteiger charge is -2.33. The van der Waals surface area contributed by atoms with Gasteiger partial charge in [0.2, 0.25) is 15.9 Å². The van der Waals surface area contributed by atoms with Gasteiger partial charge in [0.25, 0.3) is 0 Å². The van der Waals surface area contributed by atoms with E-state index in [0.29, 0.717) is 36.6 Å². The van der Waals surface area contributed by atoms with Gasteiger partial charge < -0.3 is 5.32 Å². The average molecular weight is 476 g/mol. The summed E-state index contributed by atoms with van der Waals surface area (Å²) in [5.74, 6) is -0.293. The first-order chi connectivity index (χ1) is 15.4. The lowest BCUT2D eigenvalue weighted by molar-refractivity contribution is -0.125. The van der Waals surface area contributed by atoms with E-state index in [-0.39, 0.29) is 10.8 Å². The Hall–Kier alpha value is -2.49. The van der Waals surface area contributed by atoms with Gasteiger partial charge in [-0.05, 0) is 55.2 Å². The Labute approximate surface area is 192 Å². The minimum Gasteiger partial charge on any atom is -0.351 e. The van der Waals surface area contributed by atoms with Gasteiger partial charge in [-0.25, -0.2) is 13.1 Å². The first kappa shape index (κ1) is 22.7. The third kappa shape index (κ3) is 4.65. The molecule has 0 aliphatic carbocycles. The van der Waals surface area contributed by atoms with Gasteiger partial charge in [-0.1, -0.05) is 42.3 Å². The van der Waals surface area contributed by atoms with Gasteiger partial charge in [0.05, 0.1) is 10.4 Å². The number of fused-ring (bicyclic) bond motifs is 1. The molecule has 2 aromatic carbocycles. The highest BCUT2D eigenvalue weighted by atomic mass is 35.5. The van der Waals surface area contributed by atoms with Crippen molar-refractivity contribution >= 4 is 38.6 Å². The van der Waals surface area contributed by atoms with Crippen molar-refractivity contribution in [3.05, 3.63) is 53.1 Å². The van der Waals surface area contributed by atoms with Crippen LogP contribution in [0.2, 0.25) is 5.02 Å². The number of sulfonamides is 1. The van der Waals surface area contributed by atoms with E-state index in [2.05, 4.69) is 15.6 Å². The van der Waals surface area contributed by atoms with Crippen LogP contribution in [-0.4, -0.2) is 46.2 Å². The second-order valence-electron chi connectivity index (χ2n) is 7.93. The van der Waals surface area contributed by atoms with Crippen molar-refractivity contribution in [1.29, 1.82) is 0 Å². The number of hydrogen-bond acceptors (Lipinski definition) is 5. The Morgan fingerprint density at radius 1 is 1.19 bits per heavy atom. The summed E-state index contributed by atoms with van der Waals surface area (Å²) in [6.45, 7) is 3.38. The number of aryl methyl sites for hydroxylation is 1. The van der Waals surface area contributed by atoms with E-state index in [1.165, 1.54) is 4.31 Å². The van der Waals surface area contributed by atoms with Crippen LogP contribution in [0, 0.1) is 0 Å². The third-order valence-electron chi connectivity index (χ3n) is 5.66. The molecular formula is C22H26ClN5O3S. The topological polar surface area (TPSA) is 97.2 Å². The Kier molecular flexibility index (Phi) is 6.78. The number of halogens is 1. The van der Waals surface area contributed by atoms with Gasteiger partial charge in [0.15, 0.2) is 0 Å². The quantitative estimate of drug-likeness (QED) is 0.565. The van der Waals surface area contributed by atoms with Crippen molar-refractivity contribution in [2.24, 2.45) is 0 Å². The molecule has 1 aromatic heterocycles. The number of benzene rings is 2. The molecule has 0 radical (unpaired) electrons. The molecule has 10 heteroatoms. The fourth-order valence-corrected chi connectivity index (χ4v) is 5.79. The first-order valence-corrected chi connectivity index (χ1v) is 12.6. The molecule has 8 nitrogen and oxygen atoms in total. The molecule has 32 heavy (non-hydrogen) atoms. The lowest BCUT2D eigenvalue weighted by atomic mass is 10.0. The maximum atomic E-state index is 13.5. The molecule has 0 saturated carbocycles. The summed E-state index contributed by atoms with van der Waals surface area (Å²) in [5.41, 5.74) is 2.22. The van der Waals surface area contributed by atoms with Crippen molar-refractivity contribution in [3.8, 4) is 0 Å². The molecule has 0 bridgehead atoms. The van der Waals surface area contributed by atoms with E-state index in [4.69, 9.17) is 11.6 Å². The number of nitrogens with one attached hydrogen (secondary N) is 1. The lowest BCUT2D eigenvalue weighted by Crippen LogP contribution is -2.51. The molecule has 1 fully saturated rings. The van der Waals surface area contributed by atoms with E-state index in [0.717, 1.165) is 30.3 Å². The molecule has 1 amide bonds.